The predicted octanol–water partition coefficient (Wildman–Crippen LogP) is 2.36. The van der Waals surface area contributed by atoms with Gasteiger partial charge in [-0.2, -0.15) is 0 Å². The molecule has 0 unspecified atom stereocenters. The summed E-state index contributed by atoms with van der Waals surface area (Å²) < 4.78 is 0. The van der Waals surface area contributed by atoms with Crippen molar-refractivity contribution in [2.75, 3.05) is 13.1 Å². The van der Waals surface area contributed by atoms with Gasteiger partial charge in [-0.3, -0.25) is 9.59 Å². The molecule has 0 bridgehead atoms. The molecule has 0 fully saturated rings. The van der Waals surface area contributed by atoms with Crippen molar-refractivity contribution >= 4 is 11.8 Å². The van der Waals surface area contributed by atoms with Gasteiger partial charge in [-0.1, -0.05) is 67.9 Å². The fraction of sp³-hybridized carbons (Fsp3) is 0.417. The van der Waals surface area contributed by atoms with Gasteiger partial charge in [0.25, 0.3) is 0 Å². The molecule has 0 saturated heterocycles. The Balaban J connectivity index is 1.69. The van der Waals surface area contributed by atoms with Gasteiger partial charge in [0.05, 0.1) is 12.1 Å². The molecule has 0 aliphatic heterocycles. The summed E-state index contributed by atoms with van der Waals surface area (Å²) in [5, 5.41) is 5.66. The van der Waals surface area contributed by atoms with E-state index < -0.39 is 12.1 Å². The highest BCUT2D eigenvalue weighted by molar-refractivity contribution is 5.82. The monoisotopic (exact) mass is 410 g/mol. The Labute approximate surface area is 179 Å². The van der Waals surface area contributed by atoms with Crippen LogP contribution in [0.2, 0.25) is 0 Å². The number of nitrogens with two attached hydrogens (primary N) is 2. The van der Waals surface area contributed by atoms with Crippen LogP contribution in [0.4, 0.5) is 0 Å². The molecule has 0 aromatic heterocycles. The van der Waals surface area contributed by atoms with Gasteiger partial charge in [0.1, 0.15) is 0 Å². The van der Waals surface area contributed by atoms with E-state index in [0.717, 1.165) is 29.5 Å². The number of benzene rings is 2. The highest BCUT2D eigenvalue weighted by atomic mass is 16.2. The van der Waals surface area contributed by atoms with Crippen molar-refractivity contribution in [1.82, 2.24) is 10.6 Å². The molecule has 6 N–H and O–H groups in total. The minimum absolute atomic E-state index is 0.134. The Morgan fingerprint density at radius 3 is 2.00 bits per heavy atom. The lowest BCUT2D eigenvalue weighted by atomic mass is 10.0. The van der Waals surface area contributed by atoms with Gasteiger partial charge >= 0.3 is 0 Å². The van der Waals surface area contributed by atoms with E-state index in [4.69, 9.17) is 11.5 Å². The Bertz CT molecular complexity index is 778. The zero-order valence-electron chi connectivity index (χ0n) is 17.8. The summed E-state index contributed by atoms with van der Waals surface area (Å²) in [5.74, 6) is -0.325. The molecule has 0 aliphatic rings. The molecule has 6 heteroatoms. The summed E-state index contributed by atoms with van der Waals surface area (Å²) in [6.07, 6.45) is 3.60. The average Bonchev–Trinajstić information content (AvgIpc) is 2.77. The first-order valence-electron chi connectivity index (χ1n) is 10.7. The SMILES string of the molecule is CCCCNC(=O)[C@H](N)CCCNC(=O)[C@H](N)Cc1ccc(-c2ccccc2)cc1. The summed E-state index contributed by atoms with van der Waals surface area (Å²) in [4.78, 5) is 24.1. The molecule has 0 aliphatic carbocycles. The molecule has 30 heavy (non-hydrogen) atoms. The van der Waals surface area contributed by atoms with E-state index in [0.29, 0.717) is 32.4 Å². The third kappa shape index (κ3) is 7.97. The van der Waals surface area contributed by atoms with E-state index in [-0.39, 0.29) is 11.8 Å². The number of rotatable bonds is 12. The van der Waals surface area contributed by atoms with Crippen LogP contribution in [-0.4, -0.2) is 37.0 Å². The van der Waals surface area contributed by atoms with Gasteiger partial charge in [0, 0.05) is 13.1 Å². The maximum atomic E-state index is 12.2. The third-order valence-electron chi connectivity index (χ3n) is 5.01. The second kappa shape index (κ2) is 12.8. The molecular weight excluding hydrogens is 376 g/mol. The number of unbranched alkanes of at least 4 members (excludes halogenated alkanes) is 1. The van der Waals surface area contributed by atoms with Crippen LogP contribution in [0.5, 0.6) is 0 Å². The number of carbonyl (C=O) groups is 2. The molecule has 0 heterocycles. The van der Waals surface area contributed by atoms with Crippen molar-refractivity contribution in [1.29, 1.82) is 0 Å². The molecule has 0 radical (unpaired) electrons. The standard InChI is InChI=1S/C24H34N4O2/c1-2-3-15-27-23(29)21(25)10-7-16-28-24(30)22(26)17-18-11-13-20(14-12-18)19-8-5-4-6-9-19/h4-6,8-9,11-14,21-22H,2-3,7,10,15-17,25-26H2,1H3,(H,27,29)(H,28,30)/t21-,22-/m1/s1. The first-order valence-corrected chi connectivity index (χ1v) is 10.7. The number of carbonyl (C=O) groups excluding carboxylic acids is 2. The average molecular weight is 411 g/mol. The normalized spacial score (nSPS) is 12.8. The van der Waals surface area contributed by atoms with Crippen molar-refractivity contribution < 1.29 is 9.59 Å². The van der Waals surface area contributed by atoms with Crippen LogP contribution < -0.4 is 22.1 Å². The zero-order chi connectivity index (χ0) is 21.8. The van der Waals surface area contributed by atoms with Crippen LogP contribution in [0, 0.1) is 0 Å². The number of nitrogens with one attached hydrogen (secondary N) is 2. The van der Waals surface area contributed by atoms with Crippen molar-refractivity contribution in [3.8, 4) is 11.1 Å². The maximum absolute atomic E-state index is 12.2. The van der Waals surface area contributed by atoms with Gasteiger partial charge < -0.3 is 22.1 Å². The molecule has 0 saturated carbocycles. The van der Waals surface area contributed by atoms with E-state index in [1.54, 1.807) is 0 Å². The van der Waals surface area contributed by atoms with Gasteiger partial charge in [-0.15, -0.1) is 0 Å². The summed E-state index contributed by atoms with van der Waals surface area (Å²) in [7, 11) is 0. The fourth-order valence-electron chi connectivity index (χ4n) is 3.13. The van der Waals surface area contributed by atoms with E-state index >= 15 is 0 Å². The highest BCUT2D eigenvalue weighted by Gasteiger charge is 2.15. The second-order valence-electron chi connectivity index (χ2n) is 7.56. The minimum Gasteiger partial charge on any atom is -0.355 e. The molecule has 2 amide bonds. The summed E-state index contributed by atoms with van der Waals surface area (Å²) in [6.45, 7) is 3.18. The zero-order valence-corrected chi connectivity index (χ0v) is 17.8. The lowest BCUT2D eigenvalue weighted by Crippen LogP contribution is -2.43. The van der Waals surface area contributed by atoms with E-state index in [1.165, 1.54) is 0 Å². The number of amides is 2. The predicted molar refractivity (Wildman–Crippen MR) is 122 cm³/mol. The van der Waals surface area contributed by atoms with Crippen molar-refractivity contribution in [3.63, 3.8) is 0 Å². The van der Waals surface area contributed by atoms with E-state index in [9.17, 15) is 9.59 Å². The van der Waals surface area contributed by atoms with Crippen LogP contribution >= 0.6 is 0 Å². The van der Waals surface area contributed by atoms with Crippen LogP contribution in [0.15, 0.2) is 54.6 Å². The van der Waals surface area contributed by atoms with Crippen molar-refractivity contribution in [3.05, 3.63) is 60.2 Å². The Kier molecular flexibility index (Phi) is 10.0. The van der Waals surface area contributed by atoms with Crippen LogP contribution in [-0.2, 0) is 16.0 Å². The second-order valence-corrected chi connectivity index (χ2v) is 7.56. The Morgan fingerprint density at radius 2 is 1.37 bits per heavy atom. The third-order valence-corrected chi connectivity index (χ3v) is 5.01. The van der Waals surface area contributed by atoms with E-state index in [2.05, 4.69) is 29.7 Å². The van der Waals surface area contributed by atoms with Gasteiger partial charge in [-0.05, 0) is 42.4 Å². The molecule has 2 atom stereocenters. The first kappa shape index (κ1) is 23.6. The van der Waals surface area contributed by atoms with Gasteiger partial charge in [0.15, 0.2) is 0 Å². The van der Waals surface area contributed by atoms with Gasteiger partial charge in [0.2, 0.25) is 11.8 Å². The van der Waals surface area contributed by atoms with E-state index in [1.807, 2.05) is 42.5 Å². The molecule has 162 valence electrons. The number of hydrogen-bond acceptors (Lipinski definition) is 4. The molecule has 2 rings (SSSR count). The topological polar surface area (TPSA) is 110 Å². The highest BCUT2D eigenvalue weighted by Crippen LogP contribution is 2.19. The molecular formula is C24H34N4O2. The molecule has 0 spiro atoms. The first-order chi connectivity index (χ1) is 14.5. The van der Waals surface area contributed by atoms with Crippen molar-refractivity contribution in [2.24, 2.45) is 11.5 Å². The Hall–Kier alpha value is -2.70. The maximum Gasteiger partial charge on any atom is 0.237 e. The Morgan fingerprint density at radius 1 is 0.800 bits per heavy atom. The smallest absolute Gasteiger partial charge is 0.237 e. The van der Waals surface area contributed by atoms with Crippen molar-refractivity contribution in [2.45, 2.75) is 51.1 Å². The van der Waals surface area contributed by atoms with Crippen LogP contribution in [0.3, 0.4) is 0 Å². The quantitative estimate of drug-likeness (QED) is 0.403. The minimum atomic E-state index is -0.612. The summed E-state index contributed by atoms with van der Waals surface area (Å²) in [5.41, 5.74) is 15.2. The lowest BCUT2D eigenvalue weighted by Gasteiger charge is -2.14. The molecule has 2 aromatic rings. The molecule has 2 aromatic carbocycles. The summed E-state index contributed by atoms with van der Waals surface area (Å²) in [6, 6.07) is 17.1. The fourth-order valence-corrected chi connectivity index (χ4v) is 3.13. The lowest BCUT2D eigenvalue weighted by molar-refractivity contribution is -0.122. The van der Waals surface area contributed by atoms with Gasteiger partial charge in [-0.25, -0.2) is 0 Å². The largest absolute Gasteiger partial charge is 0.355 e. The van der Waals surface area contributed by atoms with Crippen LogP contribution in [0.25, 0.3) is 11.1 Å². The number of hydrogen-bond donors (Lipinski definition) is 4. The van der Waals surface area contributed by atoms with Crippen LogP contribution in [0.1, 0.15) is 38.2 Å². The molecule has 6 nitrogen and oxygen atoms in total. The summed E-state index contributed by atoms with van der Waals surface area (Å²) >= 11 is 0.